The zero-order valence-electron chi connectivity index (χ0n) is 13.8. The maximum Gasteiger partial charge on any atom is 0.247 e. The van der Waals surface area contributed by atoms with Crippen molar-refractivity contribution in [1.29, 1.82) is 0 Å². The standard InChI is InChI=1S/C17H27NO4/c1-6-8-15(4)21-11-9-20-10-12-22-16(5)13-14(3)17(19)18-7-2/h6,8,13H,1,5,7,9-12H2,2-4H3,(H,18,19)/b14-13+,15-8+. The van der Waals surface area contributed by atoms with E-state index in [0.717, 1.165) is 5.76 Å². The van der Waals surface area contributed by atoms with Gasteiger partial charge in [-0.25, -0.2) is 0 Å². The molecule has 0 bridgehead atoms. The van der Waals surface area contributed by atoms with Gasteiger partial charge in [-0.3, -0.25) is 4.79 Å². The molecule has 0 heterocycles. The Morgan fingerprint density at radius 2 is 1.77 bits per heavy atom. The van der Waals surface area contributed by atoms with E-state index in [-0.39, 0.29) is 5.91 Å². The van der Waals surface area contributed by atoms with Crippen LogP contribution in [0, 0.1) is 0 Å². The summed E-state index contributed by atoms with van der Waals surface area (Å²) in [5.41, 5.74) is 0.561. The van der Waals surface area contributed by atoms with Gasteiger partial charge in [0.1, 0.15) is 19.0 Å². The molecule has 0 aromatic rings. The first-order chi connectivity index (χ1) is 10.5. The largest absolute Gasteiger partial charge is 0.496 e. The van der Waals surface area contributed by atoms with Gasteiger partial charge >= 0.3 is 0 Å². The molecule has 1 N–H and O–H groups in total. The Labute approximate surface area is 133 Å². The summed E-state index contributed by atoms with van der Waals surface area (Å²) in [4.78, 5) is 11.5. The number of carbonyl (C=O) groups excluding carboxylic acids is 1. The number of likely N-dealkylation sites (N-methyl/N-ethyl adjacent to an activating group) is 1. The van der Waals surface area contributed by atoms with Crippen molar-refractivity contribution in [3.63, 3.8) is 0 Å². The maximum atomic E-state index is 11.5. The highest BCUT2D eigenvalue weighted by molar-refractivity contribution is 5.93. The van der Waals surface area contributed by atoms with Crippen LogP contribution in [0.1, 0.15) is 20.8 Å². The minimum atomic E-state index is -0.122. The van der Waals surface area contributed by atoms with Crippen LogP contribution < -0.4 is 5.32 Å². The summed E-state index contributed by atoms with van der Waals surface area (Å²) in [6, 6.07) is 0. The Bertz CT molecular complexity index is 424. The molecular weight excluding hydrogens is 282 g/mol. The van der Waals surface area contributed by atoms with E-state index >= 15 is 0 Å². The smallest absolute Gasteiger partial charge is 0.247 e. The summed E-state index contributed by atoms with van der Waals surface area (Å²) in [6.07, 6.45) is 5.07. The van der Waals surface area contributed by atoms with Crippen LogP contribution in [-0.2, 0) is 19.0 Å². The van der Waals surface area contributed by atoms with Crippen LogP contribution in [0.15, 0.2) is 48.5 Å². The van der Waals surface area contributed by atoms with Gasteiger partial charge in [-0.2, -0.15) is 0 Å². The van der Waals surface area contributed by atoms with Gasteiger partial charge < -0.3 is 19.5 Å². The number of hydrogen-bond acceptors (Lipinski definition) is 4. The topological polar surface area (TPSA) is 56.8 Å². The van der Waals surface area contributed by atoms with E-state index in [0.29, 0.717) is 44.3 Å². The average molecular weight is 309 g/mol. The van der Waals surface area contributed by atoms with Crippen LogP contribution in [-0.4, -0.2) is 38.9 Å². The van der Waals surface area contributed by atoms with Crippen molar-refractivity contribution in [2.24, 2.45) is 0 Å². The van der Waals surface area contributed by atoms with Crippen molar-refractivity contribution >= 4 is 5.91 Å². The predicted octanol–water partition coefficient (Wildman–Crippen LogP) is 2.72. The number of carbonyl (C=O) groups is 1. The second-order valence-corrected chi connectivity index (χ2v) is 4.48. The van der Waals surface area contributed by atoms with E-state index in [2.05, 4.69) is 18.5 Å². The van der Waals surface area contributed by atoms with Crippen molar-refractivity contribution in [2.75, 3.05) is 33.0 Å². The number of ether oxygens (including phenoxy) is 3. The summed E-state index contributed by atoms with van der Waals surface area (Å²) < 4.78 is 16.1. The first kappa shape index (κ1) is 20.0. The minimum Gasteiger partial charge on any atom is -0.496 e. The van der Waals surface area contributed by atoms with E-state index in [1.54, 1.807) is 25.2 Å². The predicted molar refractivity (Wildman–Crippen MR) is 88.3 cm³/mol. The van der Waals surface area contributed by atoms with E-state index in [1.807, 2.05) is 13.8 Å². The molecule has 0 saturated carbocycles. The van der Waals surface area contributed by atoms with Crippen LogP contribution in [0.4, 0.5) is 0 Å². The Morgan fingerprint density at radius 1 is 1.14 bits per heavy atom. The van der Waals surface area contributed by atoms with Crippen molar-refractivity contribution in [2.45, 2.75) is 20.8 Å². The molecule has 0 radical (unpaired) electrons. The molecule has 1 amide bonds. The van der Waals surface area contributed by atoms with E-state index < -0.39 is 0 Å². The Balaban J connectivity index is 3.73. The fourth-order valence-electron chi connectivity index (χ4n) is 1.46. The molecule has 5 heteroatoms. The first-order valence-corrected chi connectivity index (χ1v) is 7.29. The van der Waals surface area contributed by atoms with Crippen molar-refractivity contribution in [3.8, 4) is 0 Å². The Morgan fingerprint density at radius 3 is 2.36 bits per heavy atom. The van der Waals surface area contributed by atoms with E-state index in [9.17, 15) is 4.79 Å². The lowest BCUT2D eigenvalue weighted by molar-refractivity contribution is -0.117. The number of allylic oxidation sites excluding steroid dienone is 4. The zero-order valence-corrected chi connectivity index (χ0v) is 13.8. The van der Waals surface area contributed by atoms with Crippen LogP contribution >= 0.6 is 0 Å². The first-order valence-electron chi connectivity index (χ1n) is 7.29. The second-order valence-electron chi connectivity index (χ2n) is 4.48. The van der Waals surface area contributed by atoms with Gasteiger partial charge in [-0.15, -0.1) is 0 Å². The molecule has 0 aromatic carbocycles. The molecule has 0 unspecified atom stereocenters. The van der Waals surface area contributed by atoms with Gasteiger partial charge in [0.25, 0.3) is 0 Å². The summed E-state index contributed by atoms with van der Waals surface area (Å²) in [5, 5.41) is 2.71. The molecule has 0 saturated heterocycles. The lowest BCUT2D eigenvalue weighted by Crippen LogP contribution is -2.23. The fraction of sp³-hybridized carbons (Fsp3) is 0.471. The zero-order chi connectivity index (χ0) is 16.8. The minimum absolute atomic E-state index is 0.122. The van der Waals surface area contributed by atoms with Crippen LogP contribution in [0.2, 0.25) is 0 Å². The molecule has 0 aliphatic carbocycles. The van der Waals surface area contributed by atoms with Gasteiger partial charge in [0.15, 0.2) is 0 Å². The average Bonchev–Trinajstić information content (AvgIpc) is 2.46. The normalized spacial score (nSPS) is 11.8. The lowest BCUT2D eigenvalue weighted by atomic mass is 10.2. The Kier molecular flexibility index (Phi) is 11.5. The quantitative estimate of drug-likeness (QED) is 0.261. The number of amides is 1. The van der Waals surface area contributed by atoms with E-state index in [4.69, 9.17) is 14.2 Å². The Hall–Kier alpha value is -2.01. The summed E-state index contributed by atoms with van der Waals surface area (Å²) in [6.45, 7) is 15.1. The van der Waals surface area contributed by atoms with E-state index in [1.165, 1.54) is 0 Å². The maximum absolute atomic E-state index is 11.5. The molecule has 124 valence electrons. The van der Waals surface area contributed by atoms with Crippen LogP contribution in [0.3, 0.4) is 0 Å². The third-order valence-corrected chi connectivity index (χ3v) is 2.50. The van der Waals surface area contributed by atoms with Gasteiger partial charge in [-0.05, 0) is 32.9 Å². The molecule has 0 rings (SSSR count). The van der Waals surface area contributed by atoms with Crippen molar-refractivity contribution < 1.29 is 19.0 Å². The molecule has 0 aliphatic rings. The van der Waals surface area contributed by atoms with Crippen molar-refractivity contribution in [3.05, 3.63) is 48.5 Å². The summed E-state index contributed by atoms with van der Waals surface area (Å²) in [5.74, 6) is 1.12. The van der Waals surface area contributed by atoms with Crippen LogP contribution in [0.5, 0.6) is 0 Å². The molecule has 0 atom stereocenters. The highest BCUT2D eigenvalue weighted by Gasteiger charge is 2.02. The lowest BCUT2D eigenvalue weighted by Gasteiger charge is -2.09. The SMILES string of the molecule is C=C/C=C(\C)OCCOCCOC(=C)/C=C(\C)C(=O)NCC. The monoisotopic (exact) mass is 309 g/mol. The molecule has 22 heavy (non-hydrogen) atoms. The fourth-order valence-corrected chi connectivity index (χ4v) is 1.46. The number of rotatable bonds is 12. The van der Waals surface area contributed by atoms with Gasteiger partial charge in [0, 0.05) is 12.1 Å². The van der Waals surface area contributed by atoms with Crippen molar-refractivity contribution in [1.82, 2.24) is 5.32 Å². The van der Waals surface area contributed by atoms with Gasteiger partial charge in [0.05, 0.1) is 19.0 Å². The third kappa shape index (κ3) is 10.7. The van der Waals surface area contributed by atoms with Gasteiger partial charge in [0.2, 0.25) is 5.91 Å². The molecule has 5 nitrogen and oxygen atoms in total. The van der Waals surface area contributed by atoms with Crippen LogP contribution in [0.25, 0.3) is 0 Å². The second kappa shape index (κ2) is 12.7. The number of nitrogens with one attached hydrogen (secondary N) is 1. The molecule has 0 fully saturated rings. The molecule has 0 spiro atoms. The summed E-state index contributed by atoms with van der Waals surface area (Å²) in [7, 11) is 0. The molecule has 0 aromatic heterocycles. The van der Waals surface area contributed by atoms with Gasteiger partial charge in [-0.1, -0.05) is 19.2 Å². The highest BCUT2D eigenvalue weighted by Crippen LogP contribution is 2.02. The number of hydrogen-bond donors (Lipinski definition) is 1. The highest BCUT2D eigenvalue weighted by atomic mass is 16.5. The summed E-state index contributed by atoms with van der Waals surface area (Å²) >= 11 is 0. The molecular formula is C17H27NO4. The third-order valence-electron chi connectivity index (χ3n) is 2.50. The molecule has 0 aliphatic heterocycles.